The van der Waals surface area contributed by atoms with Crippen LogP contribution in [0.4, 0.5) is 0 Å². The zero-order chi connectivity index (χ0) is 18.4. The van der Waals surface area contributed by atoms with Crippen molar-refractivity contribution in [3.63, 3.8) is 0 Å². The lowest BCUT2D eigenvalue weighted by Gasteiger charge is -2.13. The van der Waals surface area contributed by atoms with Crippen molar-refractivity contribution in [1.82, 2.24) is 5.32 Å². The van der Waals surface area contributed by atoms with Crippen molar-refractivity contribution < 1.29 is 9.21 Å². The second kappa shape index (κ2) is 8.77. The van der Waals surface area contributed by atoms with Gasteiger partial charge in [0.15, 0.2) is 5.76 Å². The van der Waals surface area contributed by atoms with Gasteiger partial charge in [-0.3, -0.25) is 4.79 Å². The van der Waals surface area contributed by atoms with Crippen LogP contribution < -0.4 is 5.32 Å². The number of hydrogen-bond acceptors (Lipinski definition) is 3. The van der Waals surface area contributed by atoms with Crippen LogP contribution in [0, 0.1) is 6.92 Å². The minimum atomic E-state index is -0.184. The fourth-order valence-corrected chi connectivity index (χ4v) is 3.62. The fourth-order valence-electron chi connectivity index (χ4n) is 2.74. The molecule has 2 aromatic carbocycles. The van der Waals surface area contributed by atoms with E-state index < -0.39 is 0 Å². The Morgan fingerprint density at radius 1 is 1.04 bits per heavy atom. The first-order chi connectivity index (χ1) is 12.6. The number of amides is 1. The highest BCUT2D eigenvalue weighted by Crippen LogP contribution is 2.21. The monoisotopic (exact) mass is 365 g/mol. The molecule has 1 atom stereocenters. The summed E-state index contributed by atoms with van der Waals surface area (Å²) in [7, 11) is 0. The molecule has 0 fully saturated rings. The predicted molar refractivity (Wildman–Crippen MR) is 107 cm³/mol. The van der Waals surface area contributed by atoms with Gasteiger partial charge in [-0.15, -0.1) is 11.8 Å². The van der Waals surface area contributed by atoms with E-state index in [4.69, 9.17) is 4.42 Å². The summed E-state index contributed by atoms with van der Waals surface area (Å²) < 4.78 is 5.71. The van der Waals surface area contributed by atoms with E-state index in [0.29, 0.717) is 5.76 Å². The Morgan fingerprint density at radius 3 is 2.62 bits per heavy atom. The largest absolute Gasteiger partial charge is 0.455 e. The van der Waals surface area contributed by atoms with E-state index in [9.17, 15) is 4.79 Å². The molecule has 1 amide bonds. The van der Waals surface area contributed by atoms with Crippen LogP contribution in [0.1, 0.15) is 46.0 Å². The van der Waals surface area contributed by atoms with E-state index in [2.05, 4.69) is 36.5 Å². The second-order valence-corrected chi connectivity index (χ2v) is 7.34. The van der Waals surface area contributed by atoms with Crippen molar-refractivity contribution in [3.05, 3.63) is 94.9 Å². The van der Waals surface area contributed by atoms with E-state index in [1.807, 2.05) is 43.3 Å². The molecule has 3 nitrogen and oxygen atoms in total. The molecule has 0 spiro atoms. The smallest absolute Gasteiger partial charge is 0.287 e. The van der Waals surface area contributed by atoms with E-state index in [0.717, 1.165) is 22.8 Å². The SMILES string of the molecule is Cc1cccc(CSCc2ccc(C(=O)NC(C)c3ccccc3)o2)c1. The lowest BCUT2D eigenvalue weighted by molar-refractivity contribution is 0.0910. The first-order valence-corrected chi connectivity index (χ1v) is 9.85. The van der Waals surface area contributed by atoms with Gasteiger partial charge in [-0.1, -0.05) is 60.2 Å². The Bertz CT molecular complexity index is 857. The van der Waals surface area contributed by atoms with Crippen LogP contribution in [0.2, 0.25) is 0 Å². The maximum Gasteiger partial charge on any atom is 0.287 e. The number of benzene rings is 2. The van der Waals surface area contributed by atoms with Crippen LogP contribution in [0.15, 0.2) is 71.1 Å². The minimum Gasteiger partial charge on any atom is -0.455 e. The Hall–Kier alpha value is -2.46. The number of thioether (sulfide) groups is 1. The number of carbonyl (C=O) groups excluding carboxylic acids is 1. The maximum atomic E-state index is 12.4. The van der Waals surface area contributed by atoms with Gasteiger partial charge in [0, 0.05) is 5.75 Å². The highest BCUT2D eigenvalue weighted by atomic mass is 32.2. The van der Waals surface area contributed by atoms with Gasteiger partial charge in [-0.05, 0) is 37.1 Å². The van der Waals surface area contributed by atoms with Gasteiger partial charge in [-0.25, -0.2) is 0 Å². The first-order valence-electron chi connectivity index (χ1n) is 8.69. The molecular weight excluding hydrogens is 342 g/mol. The summed E-state index contributed by atoms with van der Waals surface area (Å²) in [5, 5.41) is 2.97. The third-order valence-corrected chi connectivity index (χ3v) is 5.15. The van der Waals surface area contributed by atoms with Gasteiger partial charge in [0.05, 0.1) is 11.8 Å². The Balaban J connectivity index is 1.51. The molecule has 0 saturated carbocycles. The summed E-state index contributed by atoms with van der Waals surface area (Å²) in [5.74, 6) is 2.67. The highest BCUT2D eigenvalue weighted by Gasteiger charge is 2.15. The summed E-state index contributed by atoms with van der Waals surface area (Å²) in [6.07, 6.45) is 0. The molecule has 0 aliphatic rings. The van der Waals surface area contributed by atoms with Crippen LogP contribution in [0.3, 0.4) is 0 Å². The van der Waals surface area contributed by atoms with Crippen molar-refractivity contribution in [2.75, 3.05) is 0 Å². The molecule has 26 heavy (non-hydrogen) atoms. The second-order valence-electron chi connectivity index (χ2n) is 6.35. The molecule has 0 aliphatic heterocycles. The Morgan fingerprint density at radius 2 is 1.85 bits per heavy atom. The zero-order valence-corrected chi connectivity index (χ0v) is 15.9. The van der Waals surface area contributed by atoms with Crippen LogP contribution in [-0.4, -0.2) is 5.91 Å². The van der Waals surface area contributed by atoms with Crippen molar-refractivity contribution in [2.45, 2.75) is 31.4 Å². The summed E-state index contributed by atoms with van der Waals surface area (Å²) in [5.41, 5.74) is 3.64. The van der Waals surface area contributed by atoms with Gasteiger partial charge in [0.1, 0.15) is 5.76 Å². The minimum absolute atomic E-state index is 0.0621. The number of aryl methyl sites for hydroxylation is 1. The van der Waals surface area contributed by atoms with Gasteiger partial charge >= 0.3 is 0 Å². The Labute approximate surface area is 158 Å². The van der Waals surface area contributed by atoms with E-state index >= 15 is 0 Å². The van der Waals surface area contributed by atoms with Gasteiger partial charge in [0.25, 0.3) is 5.91 Å². The third kappa shape index (κ3) is 5.02. The molecule has 1 aromatic heterocycles. The lowest BCUT2D eigenvalue weighted by atomic mass is 10.1. The van der Waals surface area contributed by atoms with Crippen molar-refractivity contribution in [1.29, 1.82) is 0 Å². The van der Waals surface area contributed by atoms with E-state index in [-0.39, 0.29) is 11.9 Å². The molecular formula is C22H23NO2S. The molecule has 0 radical (unpaired) electrons. The lowest BCUT2D eigenvalue weighted by Crippen LogP contribution is -2.26. The number of rotatable bonds is 7. The third-order valence-electron chi connectivity index (χ3n) is 4.13. The summed E-state index contributed by atoms with van der Waals surface area (Å²) in [4.78, 5) is 12.4. The normalized spacial score (nSPS) is 11.9. The highest BCUT2D eigenvalue weighted by molar-refractivity contribution is 7.97. The predicted octanol–water partition coefficient (Wildman–Crippen LogP) is 5.51. The first kappa shape index (κ1) is 18.3. The van der Waals surface area contributed by atoms with Crippen LogP contribution >= 0.6 is 11.8 Å². The molecule has 1 heterocycles. The standard InChI is InChI=1S/C22H23NO2S/c1-16-7-6-8-18(13-16)14-26-15-20-11-12-21(25-20)22(24)23-17(2)19-9-4-3-5-10-19/h3-13,17H,14-15H2,1-2H3,(H,23,24). The topological polar surface area (TPSA) is 42.2 Å². The molecule has 4 heteroatoms. The summed E-state index contributed by atoms with van der Waals surface area (Å²) in [6.45, 7) is 4.07. The fraction of sp³-hybridized carbons (Fsp3) is 0.227. The molecule has 0 aliphatic carbocycles. The van der Waals surface area contributed by atoms with Crippen molar-refractivity contribution in [2.24, 2.45) is 0 Å². The number of furan rings is 1. The summed E-state index contributed by atoms with van der Waals surface area (Å²) in [6, 6.07) is 22.0. The van der Waals surface area contributed by atoms with Crippen molar-refractivity contribution in [3.8, 4) is 0 Å². The maximum absolute atomic E-state index is 12.4. The van der Waals surface area contributed by atoms with Gasteiger partial charge in [0.2, 0.25) is 0 Å². The van der Waals surface area contributed by atoms with Gasteiger partial charge < -0.3 is 9.73 Å². The number of nitrogens with one attached hydrogen (secondary N) is 1. The molecule has 1 unspecified atom stereocenters. The van der Waals surface area contributed by atoms with Crippen LogP contribution in [0.5, 0.6) is 0 Å². The molecule has 3 aromatic rings. The van der Waals surface area contributed by atoms with E-state index in [1.54, 1.807) is 17.8 Å². The quantitative estimate of drug-likeness (QED) is 0.600. The average molecular weight is 365 g/mol. The molecule has 0 bridgehead atoms. The van der Waals surface area contributed by atoms with Crippen LogP contribution in [-0.2, 0) is 11.5 Å². The summed E-state index contributed by atoms with van der Waals surface area (Å²) >= 11 is 1.78. The van der Waals surface area contributed by atoms with Gasteiger partial charge in [-0.2, -0.15) is 0 Å². The van der Waals surface area contributed by atoms with E-state index in [1.165, 1.54) is 11.1 Å². The number of carbonyl (C=O) groups is 1. The van der Waals surface area contributed by atoms with Crippen LogP contribution in [0.25, 0.3) is 0 Å². The number of hydrogen-bond donors (Lipinski definition) is 1. The molecule has 0 saturated heterocycles. The average Bonchev–Trinajstić information content (AvgIpc) is 3.11. The zero-order valence-electron chi connectivity index (χ0n) is 15.1. The molecule has 134 valence electrons. The Kier molecular flexibility index (Phi) is 6.18. The molecule has 1 N–H and O–H groups in total. The molecule has 3 rings (SSSR count). The van der Waals surface area contributed by atoms with Crippen molar-refractivity contribution >= 4 is 17.7 Å².